The molecule has 0 rings (SSSR count). The highest BCUT2D eigenvalue weighted by atomic mass is 16.5. The highest BCUT2D eigenvalue weighted by molar-refractivity contribution is 5.02. The molecular formula is C11H22N2O3. The van der Waals surface area contributed by atoms with E-state index in [1.165, 1.54) is 0 Å². The number of rotatable bonds is 10. The van der Waals surface area contributed by atoms with Crippen LogP contribution in [0.5, 0.6) is 0 Å². The maximum Gasteiger partial charge on any atom is 0.127 e. The number of ether oxygens (including phenoxy) is 3. The van der Waals surface area contributed by atoms with Crippen molar-refractivity contribution in [1.82, 2.24) is 5.32 Å². The summed E-state index contributed by atoms with van der Waals surface area (Å²) in [5, 5.41) is 11.8. The first-order valence-corrected chi connectivity index (χ1v) is 5.43. The third-order valence-corrected chi connectivity index (χ3v) is 2.20. The van der Waals surface area contributed by atoms with Gasteiger partial charge in [-0.1, -0.05) is 0 Å². The normalized spacial score (nSPS) is 14.4. The first kappa shape index (κ1) is 15.3. The standard InChI is InChI=1S/C11H22N2O3/c1-11(9-12,13-2)10-16-6-4-5-15-8-7-14-3/h13H,4-8,10H2,1-3H3. The van der Waals surface area contributed by atoms with Crippen LogP contribution in [0, 0.1) is 11.3 Å². The number of methoxy groups -OCH3 is 1. The molecule has 0 heterocycles. The van der Waals surface area contributed by atoms with E-state index in [9.17, 15) is 0 Å². The Morgan fingerprint density at radius 2 is 1.88 bits per heavy atom. The lowest BCUT2D eigenvalue weighted by Crippen LogP contribution is -2.42. The first-order chi connectivity index (χ1) is 7.68. The van der Waals surface area contributed by atoms with Crippen molar-refractivity contribution in [3.63, 3.8) is 0 Å². The van der Waals surface area contributed by atoms with Gasteiger partial charge in [0.1, 0.15) is 5.54 Å². The van der Waals surface area contributed by atoms with Gasteiger partial charge < -0.3 is 19.5 Å². The van der Waals surface area contributed by atoms with Gasteiger partial charge in [0.05, 0.1) is 25.9 Å². The molecule has 0 saturated heterocycles. The average Bonchev–Trinajstić information content (AvgIpc) is 2.32. The second kappa shape index (κ2) is 9.55. The molecule has 5 nitrogen and oxygen atoms in total. The molecule has 16 heavy (non-hydrogen) atoms. The molecule has 1 unspecified atom stereocenters. The molecule has 0 aromatic heterocycles. The van der Waals surface area contributed by atoms with Crippen LogP contribution in [-0.4, -0.2) is 52.7 Å². The molecule has 0 aliphatic carbocycles. The molecule has 94 valence electrons. The smallest absolute Gasteiger partial charge is 0.127 e. The van der Waals surface area contributed by atoms with E-state index in [0.717, 1.165) is 6.42 Å². The van der Waals surface area contributed by atoms with E-state index >= 15 is 0 Å². The molecule has 0 radical (unpaired) electrons. The Bertz CT molecular complexity index is 206. The highest BCUT2D eigenvalue weighted by Gasteiger charge is 2.20. The lowest BCUT2D eigenvalue weighted by atomic mass is 10.1. The molecule has 0 saturated carbocycles. The van der Waals surface area contributed by atoms with Crippen molar-refractivity contribution in [2.24, 2.45) is 0 Å². The minimum Gasteiger partial charge on any atom is -0.382 e. The van der Waals surface area contributed by atoms with E-state index in [4.69, 9.17) is 19.5 Å². The van der Waals surface area contributed by atoms with Crippen molar-refractivity contribution in [1.29, 1.82) is 5.26 Å². The van der Waals surface area contributed by atoms with Gasteiger partial charge in [-0.15, -0.1) is 0 Å². The van der Waals surface area contributed by atoms with Gasteiger partial charge in [0.15, 0.2) is 0 Å². The molecule has 0 bridgehead atoms. The molecule has 5 heteroatoms. The Hall–Kier alpha value is -0.670. The van der Waals surface area contributed by atoms with Gasteiger partial charge in [-0.25, -0.2) is 0 Å². The predicted molar refractivity (Wildman–Crippen MR) is 61.2 cm³/mol. The minimum atomic E-state index is -0.600. The summed E-state index contributed by atoms with van der Waals surface area (Å²) >= 11 is 0. The van der Waals surface area contributed by atoms with E-state index in [2.05, 4.69) is 11.4 Å². The summed E-state index contributed by atoms with van der Waals surface area (Å²) < 4.78 is 15.5. The third kappa shape index (κ3) is 7.60. The average molecular weight is 230 g/mol. The van der Waals surface area contributed by atoms with E-state index in [1.807, 2.05) is 6.92 Å². The van der Waals surface area contributed by atoms with E-state index in [-0.39, 0.29) is 0 Å². The van der Waals surface area contributed by atoms with Crippen LogP contribution in [0.3, 0.4) is 0 Å². The van der Waals surface area contributed by atoms with Gasteiger partial charge in [-0.2, -0.15) is 5.26 Å². The number of nitriles is 1. The predicted octanol–water partition coefficient (Wildman–Crippen LogP) is 0.558. The van der Waals surface area contributed by atoms with Crippen molar-refractivity contribution in [3.05, 3.63) is 0 Å². The largest absolute Gasteiger partial charge is 0.382 e. The summed E-state index contributed by atoms with van der Waals surface area (Å²) in [6.45, 7) is 4.69. The molecule has 0 aromatic carbocycles. The molecular weight excluding hydrogens is 208 g/mol. The van der Waals surface area contributed by atoms with Gasteiger partial charge in [-0.3, -0.25) is 0 Å². The van der Waals surface area contributed by atoms with Crippen LogP contribution in [0.15, 0.2) is 0 Å². The quantitative estimate of drug-likeness (QED) is 0.555. The van der Waals surface area contributed by atoms with Gasteiger partial charge in [0.2, 0.25) is 0 Å². The second-order valence-electron chi connectivity index (χ2n) is 3.71. The summed E-state index contributed by atoms with van der Waals surface area (Å²) in [5.74, 6) is 0. The highest BCUT2D eigenvalue weighted by Crippen LogP contribution is 2.01. The fourth-order valence-electron chi connectivity index (χ4n) is 0.944. The van der Waals surface area contributed by atoms with Gasteiger partial charge >= 0.3 is 0 Å². The van der Waals surface area contributed by atoms with Gasteiger partial charge in [-0.05, 0) is 20.4 Å². The lowest BCUT2D eigenvalue weighted by Gasteiger charge is -2.20. The maximum atomic E-state index is 8.85. The van der Waals surface area contributed by atoms with Crippen LogP contribution in [0.1, 0.15) is 13.3 Å². The topological polar surface area (TPSA) is 63.5 Å². The fraction of sp³-hybridized carbons (Fsp3) is 0.909. The molecule has 0 amide bonds. The summed E-state index contributed by atoms with van der Waals surface area (Å²) in [6.07, 6.45) is 0.828. The zero-order chi connectivity index (χ0) is 12.3. The molecule has 0 fully saturated rings. The molecule has 0 aliphatic rings. The van der Waals surface area contributed by atoms with Gasteiger partial charge in [0.25, 0.3) is 0 Å². The second-order valence-corrected chi connectivity index (χ2v) is 3.71. The van der Waals surface area contributed by atoms with Crippen molar-refractivity contribution in [2.75, 3.05) is 47.2 Å². The van der Waals surface area contributed by atoms with Crippen LogP contribution < -0.4 is 5.32 Å². The number of hydrogen-bond acceptors (Lipinski definition) is 5. The SMILES string of the molecule is CNC(C)(C#N)COCCCOCCOC. The lowest BCUT2D eigenvalue weighted by molar-refractivity contribution is 0.0442. The molecule has 1 N–H and O–H groups in total. The summed E-state index contributed by atoms with van der Waals surface area (Å²) in [7, 11) is 3.40. The summed E-state index contributed by atoms with van der Waals surface area (Å²) in [6, 6.07) is 2.16. The van der Waals surface area contributed by atoms with Crippen LogP contribution >= 0.6 is 0 Å². The zero-order valence-electron chi connectivity index (χ0n) is 10.4. The maximum absolute atomic E-state index is 8.85. The number of nitrogens with one attached hydrogen (secondary N) is 1. The van der Waals surface area contributed by atoms with Crippen LogP contribution in [0.4, 0.5) is 0 Å². The minimum absolute atomic E-state index is 0.387. The van der Waals surface area contributed by atoms with Crippen molar-refractivity contribution in [3.8, 4) is 6.07 Å². The fourth-order valence-corrected chi connectivity index (χ4v) is 0.944. The molecule has 0 spiro atoms. The Morgan fingerprint density at radius 1 is 1.19 bits per heavy atom. The van der Waals surface area contributed by atoms with E-state index < -0.39 is 5.54 Å². The van der Waals surface area contributed by atoms with Crippen molar-refractivity contribution < 1.29 is 14.2 Å². The Kier molecular flexibility index (Phi) is 9.15. The monoisotopic (exact) mass is 230 g/mol. The third-order valence-electron chi connectivity index (χ3n) is 2.20. The zero-order valence-corrected chi connectivity index (χ0v) is 10.4. The molecule has 0 aromatic rings. The Labute approximate surface area is 97.7 Å². The first-order valence-electron chi connectivity index (χ1n) is 5.43. The van der Waals surface area contributed by atoms with Crippen LogP contribution in [0.2, 0.25) is 0 Å². The molecule has 0 aliphatic heterocycles. The molecule has 1 atom stereocenters. The van der Waals surface area contributed by atoms with Crippen LogP contribution in [0.25, 0.3) is 0 Å². The van der Waals surface area contributed by atoms with Crippen molar-refractivity contribution >= 4 is 0 Å². The number of likely N-dealkylation sites (N-methyl/N-ethyl adjacent to an activating group) is 1. The van der Waals surface area contributed by atoms with E-state index in [1.54, 1.807) is 14.2 Å². The van der Waals surface area contributed by atoms with Crippen molar-refractivity contribution in [2.45, 2.75) is 18.9 Å². The van der Waals surface area contributed by atoms with E-state index in [0.29, 0.717) is 33.0 Å². The number of hydrogen-bond donors (Lipinski definition) is 1. The van der Waals surface area contributed by atoms with Gasteiger partial charge in [0, 0.05) is 20.3 Å². The Morgan fingerprint density at radius 3 is 2.44 bits per heavy atom. The Balaban J connectivity index is 3.30. The van der Waals surface area contributed by atoms with Crippen LogP contribution in [-0.2, 0) is 14.2 Å². The number of nitrogens with zero attached hydrogens (tertiary/aromatic N) is 1. The summed E-state index contributed by atoms with van der Waals surface area (Å²) in [4.78, 5) is 0. The summed E-state index contributed by atoms with van der Waals surface area (Å²) in [5.41, 5.74) is -0.600.